The molecule has 0 radical (unpaired) electrons. The molecule has 0 bridgehead atoms. The zero-order valence-corrected chi connectivity index (χ0v) is 12.4. The molecule has 0 aromatic rings. The second-order valence-electron chi connectivity index (χ2n) is 4.63. The lowest BCUT2D eigenvalue weighted by Gasteiger charge is -2.11. The molecule has 0 atom stereocenters. The summed E-state index contributed by atoms with van der Waals surface area (Å²) in [5, 5.41) is 11.0. The van der Waals surface area contributed by atoms with Gasteiger partial charge in [-0.15, -0.1) is 0 Å². The van der Waals surface area contributed by atoms with Crippen LogP contribution >= 0.6 is 0 Å². The maximum atomic E-state index is 12.0. The van der Waals surface area contributed by atoms with Crippen LogP contribution in [0.5, 0.6) is 0 Å². The third-order valence-corrected chi connectivity index (χ3v) is 3.79. The van der Waals surface area contributed by atoms with Gasteiger partial charge in [0.25, 0.3) is 0 Å². The van der Waals surface area contributed by atoms with Crippen LogP contribution in [0.2, 0.25) is 0 Å². The Bertz CT molecular complexity index is 391. The second kappa shape index (κ2) is 9.20. The van der Waals surface area contributed by atoms with E-state index in [9.17, 15) is 26.7 Å². The van der Waals surface area contributed by atoms with Crippen molar-refractivity contribution in [2.45, 2.75) is 70.2 Å². The first-order chi connectivity index (χ1) is 9.20. The highest BCUT2D eigenvalue weighted by Gasteiger charge is 2.45. The Morgan fingerprint density at radius 2 is 1.45 bits per heavy atom. The highest BCUT2D eigenvalue weighted by molar-refractivity contribution is 7.91. The molecule has 0 aromatic heterocycles. The summed E-state index contributed by atoms with van der Waals surface area (Å²) in [5.41, 5.74) is -5.50. The first-order valence-electron chi connectivity index (χ1n) is 6.78. The van der Waals surface area contributed by atoms with Gasteiger partial charge in [-0.3, -0.25) is 0 Å². The summed E-state index contributed by atoms with van der Waals surface area (Å²) in [6, 6.07) is 0. The van der Waals surface area contributed by atoms with Gasteiger partial charge < -0.3 is 5.11 Å². The summed E-state index contributed by atoms with van der Waals surface area (Å²) in [5.74, 6) is -1.23. The van der Waals surface area contributed by atoms with Gasteiger partial charge in [0.05, 0.1) is 0 Å². The predicted octanol–water partition coefficient (Wildman–Crippen LogP) is 3.13. The molecule has 0 heterocycles. The van der Waals surface area contributed by atoms with Crippen LogP contribution in [-0.2, 0) is 10.0 Å². The highest BCUT2D eigenvalue weighted by atomic mass is 32.2. The first-order valence-corrected chi connectivity index (χ1v) is 8.22. The van der Waals surface area contributed by atoms with E-state index in [1.807, 2.05) is 0 Å². The highest BCUT2D eigenvalue weighted by Crippen LogP contribution is 2.24. The molecule has 0 spiro atoms. The van der Waals surface area contributed by atoms with Gasteiger partial charge in [0, 0.05) is 0 Å². The van der Waals surface area contributed by atoms with Gasteiger partial charge in [-0.1, -0.05) is 51.9 Å². The lowest BCUT2D eigenvalue weighted by Crippen LogP contribution is -2.26. The third kappa shape index (κ3) is 8.39. The Balaban J connectivity index is 3.87. The fourth-order valence-corrected chi connectivity index (χ4v) is 2.10. The van der Waals surface area contributed by atoms with Crippen molar-refractivity contribution in [3.8, 4) is 0 Å². The molecular weight excluding hydrogens is 295 g/mol. The smallest absolute Gasteiger partial charge is 0.518 e. The average Bonchev–Trinajstić information content (AvgIpc) is 2.30. The van der Waals surface area contributed by atoms with E-state index in [-0.39, 0.29) is 6.42 Å². The largest absolute Gasteiger partial charge is 0.861 e. The number of unbranched alkanes of at least 4 members (excludes halogenated alkanes) is 7. The molecule has 0 saturated heterocycles. The maximum absolute atomic E-state index is 12.0. The molecule has 0 aliphatic carbocycles. The van der Waals surface area contributed by atoms with Gasteiger partial charge >= 0.3 is 15.5 Å². The van der Waals surface area contributed by atoms with Crippen molar-refractivity contribution in [2.75, 3.05) is 0 Å². The molecule has 0 N–H and O–H groups in total. The van der Waals surface area contributed by atoms with Gasteiger partial charge in [-0.25, -0.2) is 0 Å². The number of rotatable bonds is 10. The van der Waals surface area contributed by atoms with Crippen molar-refractivity contribution in [3.63, 3.8) is 0 Å². The third-order valence-electron chi connectivity index (χ3n) is 2.76. The lowest BCUT2D eigenvalue weighted by molar-refractivity contribution is -0.218. The van der Waals surface area contributed by atoms with E-state index in [1.54, 1.807) is 0 Å². The van der Waals surface area contributed by atoms with Crippen molar-refractivity contribution in [2.24, 2.45) is 4.40 Å². The Hall–Kier alpha value is -0.790. The molecule has 4 nitrogen and oxygen atoms in total. The van der Waals surface area contributed by atoms with E-state index in [1.165, 1.54) is 6.42 Å². The predicted molar refractivity (Wildman–Crippen MR) is 69.6 cm³/mol. The van der Waals surface area contributed by atoms with E-state index in [0.717, 1.165) is 32.1 Å². The van der Waals surface area contributed by atoms with Crippen molar-refractivity contribution < 1.29 is 26.7 Å². The van der Waals surface area contributed by atoms with Crippen LogP contribution in [0, 0.1) is 0 Å². The Morgan fingerprint density at radius 1 is 1.00 bits per heavy atom. The SMILES string of the molecule is CCCCCCCCCC/C([O-])=N/S(=O)(=O)C(F)(F)F. The summed E-state index contributed by atoms with van der Waals surface area (Å²) in [6.07, 6.45) is 7.32. The minimum atomic E-state index is -5.68. The van der Waals surface area contributed by atoms with Crippen molar-refractivity contribution in [1.82, 2.24) is 0 Å². The van der Waals surface area contributed by atoms with Gasteiger partial charge in [-0.2, -0.15) is 26.0 Å². The summed E-state index contributed by atoms with van der Waals surface area (Å²) >= 11 is 0. The van der Waals surface area contributed by atoms with Crippen LogP contribution in [0.25, 0.3) is 0 Å². The van der Waals surface area contributed by atoms with Crippen molar-refractivity contribution >= 4 is 15.9 Å². The molecule has 0 saturated carbocycles. The monoisotopic (exact) mass is 316 g/mol. The lowest BCUT2D eigenvalue weighted by atomic mass is 10.1. The first kappa shape index (κ1) is 19.2. The molecule has 0 amide bonds. The molecule has 0 unspecified atom stereocenters. The zero-order valence-electron chi connectivity index (χ0n) is 11.6. The number of hydrogen-bond donors (Lipinski definition) is 0. The normalized spacial score (nSPS) is 13.7. The number of alkyl halides is 3. The van der Waals surface area contributed by atoms with E-state index in [4.69, 9.17) is 0 Å². The topological polar surface area (TPSA) is 69.6 Å². The fraction of sp³-hybridized carbons (Fsp3) is 0.917. The quantitative estimate of drug-likeness (QED) is 0.353. The van der Waals surface area contributed by atoms with Crippen LogP contribution in [0.3, 0.4) is 0 Å². The summed E-state index contributed by atoms with van der Waals surface area (Å²) in [6.45, 7) is 2.12. The van der Waals surface area contributed by atoms with Gasteiger partial charge in [0.2, 0.25) is 0 Å². The molecule has 8 heteroatoms. The molecule has 0 rings (SSSR count). The number of hydrogen-bond acceptors (Lipinski definition) is 3. The molecule has 120 valence electrons. The molecule has 0 aliphatic heterocycles. The number of halogens is 3. The van der Waals surface area contributed by atoms with E-state index < -0.39 is 21.4 Å². The fourth-order valence-electron chi connectivity index (χ4n) is 1.64. The van der Waals surface area contributed by atoms with Gasteiger partial charge in [0.15, 0.2) is 0 Å². The standard InChI is InChI=1S/C12H22F3NO3S/c1-2-3-4-5-6-7-8-9-10-11(17)16-20(18,19)12(13,14)15/h2-10H2,1H3,(H,16,17)/p-1. The second-order valence-corrected chi connectivity index (χ2v) is 6.23. The molecule has 0 aromatic carbocycles. The van der Waals surface area contributed by atoms with Crippen LogP contribution in [0.4, 0.5) is 13.2 Å². The molecule has 20 heavy (non-hydrogen) atoms. The van der Waals surface area contributed by atoms with Crippen LogP contribution < -0.4 is 5.11 Å². The summed E-state index contributed by atoms with van der Waals surface area (Å²) in [4.78, 5) is 0. The van der Waals surface area contributed by atoms with Crippen molar-refractivity contribution in [3.05, 3.63) is 0 Å². The van der Waals surface area contributed by atoms with E-state index >= 15 is 0 Å². The Labute approximate surface area is 118 Å². The Morgan fingerprint density at radius 3 is 1.90 bits per heavy atom. The number of nitrogens with zero attached hydrogens (tertiary/aromatic N) is 1. The zero-order chi connectivity index (χ0) is 15.6. The number of sulfonamides is 1. The average molecular weight is 316 g/mol. The van der Waals surface area contributed by atoms with Crippen molar-refractivity contribution in [1.29, 1.82) is 0 Å². The maximum Gasteiger partial charge on any atom is 0.518 e. The summed E-state index contributed by atoms with van der Waals surface area (Å²) in [7, 11) is -5.68. The van der Waals surface area contributed by atoms with Gasteiger partial charge in [0.1, 0.15) is 0 Å². The molecule has 0 fully saturated rings. The summed E-state index contributed by atoms with van der Waals surface area (Å²) < 4.78 is 59.3. The van der Waals surface area contributed by atoms with Gasteiger partial charge in [-0.05, 0) is 18.7 Å². The van der Waals surface area contributed by atoms with Crippen LogP contribution in [0.1, 0.15) is 64.7 Å². The van der Waals surface area contributed by atoms with E-state index in [0.29, 0.717) is 12.8 Å². The molecular formula is C12H21F3NO3S-. The van der Waals surface area contributed by atoms with Crippen LogP contribution in [0.15, 0.2) is 4.40 Å². The van der Waals surface area contributed by atoms with E-state index in [2.05, 4.69) is 11.3 Å². The molecule has 0 aliphatic rings. The van der Waals surface area contributed by atoms with Crippen LogP contribution in [-0.4, -0.2) is 19.8 Å². The Kier molecular flexibility index (Phi) is 8.84. The minimum absolute atomic E-state index is 0.260. The minimum Gasteiger partial charge on any atom is -0.861 e.